The Labute approximate surface area is 107 Å². The first kappa shape index (κ1) is 12.4. The molecule has 1 aromatic carbocycles. The molecular weight excluding hydrogens is 256 g/mol. The summed E-state index contributed by atoms with van der Waals surface area (Å²) in [5.74, 6) is 0.864. The lowest BCUT2D eigenvalue weighted by atomic mass is 10.2. The van der Waals surface area contributed by atoms with Crippen molar-refractivity contribution in [3.63, 3.8) is 0 Å². The van der Waals surface area contributed by atoms with Crippen LogP contribution in [0.2, 0.25) is 0 Å². The Hall–Kier alpha value is -2.02. The van der Waals surface area contributed by atoms with Gasteiger partial charge in [-0.15, -0.1) is 11.3 Å². The highest BCUT2D eigenvalue weighted by atomic mass is 32.1. The molecule has 96 valence electrons. The molecule has 2 N–H and O–H groups in total. The second kappa shape index (κ2) is 4.69. The highest BCUT2D eigenvalue weighted by molar-refractivity contribution is 7.20. The third-order valence-electron chi connectivity index (χ3n) is 2.40. The molecule has 0 fully saturated rings. The lowest BCUT2D eigenvalue weighted by Crippen LogP contribution is -2.09. The summed E-state index contributed by atoms with van der Waals surface area (Å²) in [7, 11) is 4.55. The fraction of sp³-hybridized carbons (Fsp3) is 0.273. The number of methoxy groups -OCH3 is 3. The lowest BCUT2D eigenvalue weighted by molar-refractivity contribution is 0.1000. The van der Waals surface area contributed by atoms with E-state index in [2.05, 4.69) is 4.98 Å². The van der Waals surface area contributed by atoms with Gasteiger partial charge in [0.1, 0.15) is 4.70 Å². The quantitative estimate of drug-likeness (QED) is 0.906. The fourth-order valence-corrected chi connectivity index (χ4v) is 2.55. The van der Waals surface area contributed by atoms with E-state index in [9.17, 15) is 4.79 Å². The number of primary amides is 1. The van der Waals surface area contributed by atoms with Gasteiger partial charge in [0, 0.05) is 6.07 Å². The van der Waals surface area contributed by atoms with Gasteiger partial charge in [-0.2, -0.15) is 0 Å². The zero-order valence-corrected chi connectivity index (χ0v) is 11.0. The highest BCUT2D eigenvalue weighted by Crippen LogP contribution is 2.45. The van der Waals surface area contributed by atoms with Gasteiger partial charge in [0.25, 0.3) is 5.91 Å². The summed E-state index contributed by atoms with van der Waals surface area (Å²) < 4.78 is 16.4. The van der Waals surface area contributed by atoms with Crippen molar-refractivity contribution in [1.29, 1.82) is 0 Å². The maximum atomic E-state index is 11.1. The molecule has 2 aromatic rings. The van der Waals surface area contributed by atoms with Crippen LogP contribution in [-0.2, 0) is 0 Å². The minimum absolute atomic E-state index is 0.221. The van der Waals surface area contributed by atoms with Crippen LogP contribution in [0.5, 0.6) is 17.2 Å². The Morgan fingerprint density at radius 1 is 1.22 bits per heavy atom. The monoisotopic (exact) mass is 268 g/mol. The average molecular weight is 268 g/mol. The normalized spacial score (nSPS) is 10.4. The van der Waals surface area contributed by atoms with Crippen molar-refractivity contribution in [2.45, 2.75) is 0 Å². The van der Waals surface area contributed by atoms with Crippen LogP contribution in [0, 0.1) is 0 Å². The molecule has 0 saturated heterocycles. The number of nitrogens with zero attached hydrogens (tertiary/aromatic N) is 1. The number of carbonyl (C=O) groups excluding carboxylic acids is 1. The minimum atomic E-state index is -0.573. The van der Waals surface area contributed by atoms with Gasteiger partial charge in [-0.1, -0.05) is 0 Å². The van der Waals surface area contributed by atoms with Crippen molar-refractivity contribution >= 4 is 27.5 Å². The molecular formula is C11H12N2O4S. The van der Waals surface area contributed by atoms with E-state index in [1.807, 2.05) is 0 Å². The molecule has 7 heteroatoms. The number of aromatic nitrogens is 1. The lowest BCUT2D eigenvalue weighted by Gasteiger charge is -2.11. The van der Waals surface area contributed by atoms with Crippen molar-refractivity contribution < 1.29 is 19.0 Å². The van der Waals surface area contributed by atoms with E-state index in [4.69, 9.17) is 19.9 Å². The molecule has 0 unspecified atom stereocenters. The van der Waals surface area contributed by atoms with E-state index in [-0.39, 0.29) is 5.01 Å². The molecule has 0 atom stereocenters. The number of carbonyl (C=O) groups is 1. The number of benzene rings is 1. The largest absolute Gasteiger partial charge is 0.493 e. The second-order valence-electron chi connectivity index (χ2n) is 3.38. The molecule has 0 bridgehead atoms. The van der Waals surface area contributed by atoms with E-state index in [1.54, 1.807) is 6.07 Å². The summed E-state index contributed by atoms with van der Waals surface area (Å²) in [5.41, 5.74) is 5.80. The SMILES string of the molecule is COc1cc2nc(C(N)=O)sc2c(OC)c1OC. The Bertz CT molecular complexity index is 609. The zero-order chi connectivity index (χ0) is 13.3. The van der Waals surface area contributed by atoms with Crippen molar-refractivity contribution in [3.05, 3.63) is 11.1 Å². The van der Waals surface area contributed by atoms with Crippen LogP contribution in [0.25, 0.3) is 10.2 Å². The van der Waals surface area contributed by atoms with Crippen LogP contribution in [0.15, 0.2) is 6.07 Å². The van der Waals surface area contributed by atoms with Gasteiger partial charge in [0.15, 0.2) is 16.5 Å². The van der Waals surface area contributed by atoms with Gasteiger partial charge < -0.3 is 19.9 Å². The van der Waals surface area contributed by atoms with Crippen LogP contribution >= 0.6 is 11.3 Å². The van der Waals surface area contributed by atoms with E-state index in [0.29, 0.717) is 27.5 Å². The van der Waals surface area contributed by atoms with Gasteiger partial charge in [-0.05, 0) is 0 Å². The number of fused-ring (bicyclic) bond motifs is 1. The first-order valence-electron chi connectivity index (χ1n) is 5.01. The summed E-state index contributed by atoms with van der Waals surface area (Å²) >= 11 is 1.16. The number of rotatable bonds is 4. The van der Waals surface area contributed by atoms with Crippen molar-refractivity contribution in [2.75, 3.05) is 21.3 Å². The molecule has 0 spiro atoms. The average Bonchev–Trinajstić information content (AvgIpc) is 2.79. The van der Waals surface area contributed by atoms with Crippen molar-refractivity contribution in [2.24, 2.45) is 5.73 Å². The third-order valence-corrected chi connectivity index (χ3v) is 3.48. The van der Waals surface area contributed by atoms with Crippen molar-refractivity contribution in [3.8, 4) is 17.2 Å². The number of thiazole rings is 1. The Balaban J connectivity index is 2.79. The molecule has 0 aliphatic carbocycles. The third kappa shape index (κ3) is 1.82. The molecule has 0 radical (unpaired) electrons. The van der Waals surface area contributed by atoms with Crippen molar-refractivity contribution in [1.82, 2.24) is 4.98 Å². The Morgan fingerprint density at radius 3 is 2.39 bits per heavy atom. The number of ether oxygens (including phenoxy) is 3. The standard InChI is InChI=1S/C11H12N2O4S/c1-15-6-4-5-9(8(17-3)7(6)16-2)18-11(13-5)10(12)14/h4H,1-3H3,(H2,12,14). The van der Waals surface area contributed by atoms with Gasteiger partial charge in [-0.3, -0.25) is 4.79 Å². The summed E-state index contributed by atoms with van der Waals surface area (Å²) in [6.07, 6.45) is 0. The van der Waals surface area contributed by atoms with E-state index < -0.39 is 5.91 Å². The minimum Gasteiger partial charge on any atom is -0.493 e. The van der Waals surface area contributed by atoms with E-state index in [0.717, 1.165) is 11.3 Å². The van der Waals surface area contributed by atoms with E-state index >= 15 is 0 Å². The summed E-state index contributed by atoms with van der Waals surface area (Å²) in [5, 5.41) is 0.221. The van der Waals surface area contributed by atoms with Crippen LogP contribution in [0.1, 0.15) is 9.80 Å². The highest BCUT2D eigenvalue weighted by Gasteiger charge is 2.20. The van der Waals surface area contributed by atoms with Gasteiger partial charge in [0.05, 0.1) is 26.8 Å². The van der Waals surface area contributed by atoms with Crippen LogP contribution in [0.4, 0.5) is 0 Å². The molecule has 18 heavy (non-hydrogen) atoms. The van der Waals surface area contributed by atoms with Crippen LogP contribution in [0.3, 0.4) is 0 Å². The fourth-order valence-electron chi connectivity index (χ4n) is 1.63. The molecule has 1 heterocycles. The Kier molecular flexibility index (Phi) is 3.24. The molecule has 1 aromatic heterocycles. The molecule has 6 nitrogen and oxygen atoms in total. The van der Waals surface area contributed by atoms with Gasteiger partial charge in [0.2, 0.25) is 5.75 Å². The first-order chi connectivity index (χ1) is 8.62. The number of hydrogen-bond donors (Lipinski definition) is 1. The summed E-state index contributed by atoms with van der Waals surface area (Å²) in [4.78, 5) is 15.3. The second-order valence-corrected chi connectivity index (χ2v) is 4.38. The first-order valence-corrected chi connectivity index (χ1v) is 5.83. The van der Waals surface area contributed by atoms with Gasteiger partial charge >= 0.3 is 0 Å². The Morgan fingerprint density at radius 2 is 1.89 bits per heavy atom. The number of amides is 1. The molecule has 2 rings (SSSR count). The predicted octanol–water partition coefficient (Wildman–Crippen LogP) is 1.42. The number of hydrogen-bond acceptors (Lipinski definition) is 6. The summed E-state index contributed by atoms with van der Waals surface area (Å²) in [6, 6.07) is 1.68. The van der Waals surface area contributed by atoms with Gasteiger partial charge in [-0.25, -0.2) is 4.98 Å². The van der Waals surface area contributed by atoms with E-state index in [1.165, 1.54) is 21.3 Å². The maximum absolute atomic E-state index is 11.1. The molecule has 0 aliphatic rings. The maximum Gasteiger partial charge on any atom is 0.277 e. The molecule has 0 saturated carbocycles. The topological polar surface area (TPSA) is 83.7 Å². The predicted molar refractivity (Wildman–Crippen MR) is 67.8 cm³/mol. The smallest absolute Gasteiger partial charge is 0.277 e. The summed E-state index contributed by atoms with van der Waals surface area (Å²) in [6.45, 7) is 0. The zero-order valence-electron chi connectivity index (χ0n) is 10.1. The van der Waals surface area contributed by atoms with Crippen LogP contribution < -0.4 is 19.9 Å². The van der Waals surface area contributed by atoms with Crippen LogP contribution in [-0.4, -0.2) is 32.2 Å². The molecule has 1 amide bonds. The number of nitrogens with two attached hydrogens (primary N) is 1. The molecule has 0 aliphatic heterocycles.